The number of aryl methyl sites for hydroxylation is 1. The summed E-state index contributed by atoms with van der Waals surface area (Å²) < 4.78 is 64.8. The van der Waals surface area contributed by atoms with Crippen LogP contribution in [0.25, 0.3) is 0 Å². The Labute approximate surface area is 166 Å². The molecule has 2 rings (SSSR count). The zero-order valence-corrected chi connectivity index (χ0v) is 18.2. The maximum atomic E-state index is 13.0. The standard InChI is InChI=1S/C18H24N2O6S2/c1-12-9-15(28(23,24)20(3)4)11-16(13(12)2)19-27(21,22)18-10-14(25-5)7-8-17(18)26-6/h7-11,19H,1-6H3. The molecule has 2 aromatic rings. The monoisotopic (exact) mass is 428 g/mol. The van der Waals surface area contributed by atoms with Gasteiger partial charge in [-0.15, -0.1) is 0 Å². The molecule has 0 radical (unpaired) electrons. The second-order valence-corrected chi connectivity index (χ2v) is 10.1. The number of ether oxygens (including phenoxy) is 2. The highest BCUT2D eigenvalue weighted by atomic mass is 32.2. The van der Waals surface area contributed by atoms with Crippen molar-refractivity contribution >= 4 is 25.7 Å². The summed E-state index contributed by atoms with van der Waals surface area (Å²) in [6.45, 7) is 3.43. The van der Waals surface area contributed by atoms with Gasteiger partial charge in [0.25, 0.3) is 10.0 Å². The van der Waals surface area contributed by atoms with Gasteiger partial charge in [0.1, 0.15) is 16.4 Å². The van der Waals surface area contributed by atoms with Crippen LogP contribution < -0.4 is 14.2 Å². The van der Waals surface area contributed by atoms with Gasteiger partial charge in [0, 0.05) is 20.2 Å². The zero-order valence-electron chi connectivity index (χ0n) is 16.6. The minimum Gasteiger partial charge on any atom is -0.497 e. The number of nitrogens with zero attached hydrogens (tertiary/aromatic N) is 1. The lowest BCUT2D eigenvalue weighted by Gasteiger charge is -2.18. The molecule has 0 aromatic heterocycles. The highest BCUT2D eigenvalue weighted by Crippen LogP contribution is 2.32. The van der Waals surface area contributed by atoms with E-state index < -0.39 is 20.0 Å². The number of sulfonamides is 2. The Kier molecular flexibility index (Phi) is 6.27. The number of benzene rings is 2. The van der Waals surface area contributed by atoms with Crippen LogP contribution in [-0.2, 0) is 20.0 Å². The largest absolute Gasteiger partial charge is 0.497 e. The fourth-order valence-corrected chi connectivity index (χ4v) is 4.80. The predicted octanol–water partition coefficient (Wildman–Crippen LogP) is 2.37. The van der Waals surface area contributed by atoms with Gasteiger partial charge in [-0.05, 0) is 49.2 Å². The second kappa shape index (κ2) is 7.98. The summed E-state index contributed by atoms with van der Waals surface area (Å²) in [5, 5.41) is 0. The Bertz CT molecular complexity index is 1090. The lowest BCUT2D eigenvalue weighted by atomic mass is 10.1. The summed E-state index contributed by atoms with van der Waals surface area (Å²) in [5.41, 5.74) is 1.42. The summed E-state index contributed by atoms with van der Waals surface area (Å²) in [4.78, 5) is -0.122. The van der Waals surface area contributed by atoms with Crippen molar-refractivity contribution in [2.24, 2.45) is 0 Å². The van der Waals surface area contributed by atoms with Crippen molar-refractivity contribution in [2.75, 3.05) is 33.0 Å². The van der Waals surface area contributed by atoms with E-state index in [9.17, 15) is 16.8 Å². The average molecular weight is 429 g/mol. The van der Waals surface area contributed by atoms with Crippen molar-refractivity contribution in [1.29, 1.82) is 0 Å². The number of hydrogen-bond donors (Lipinski definition) is 1. The fourth-order valence-electron chi connectivity index (χ4n) is 2.49. The number of rotatable bonds is 7. The first-order valence-electron chi connectivity index (χ1n) is 8.22. The molecule has 0 heterocycles. The van der Waals surface area contributed by atoms with Crippen LogP contribution in [0.4, 0.5) is 5.69 Å². The minimum atomic E-state index is -4.07. The lowest BCUT2D eigenvalue weighted by Crippen LogP contribution is -2.23. The molecule has 0 saturated heterocycles. The molecule has 0 fully saturated rings. The van der Waals surface area contributed by atoms with Crippen molar-refractivity contribution in [3.63, 3.8) is 0 Å². The van der Waals surface area contributed by atoms with E-state index in [2.05, 4.69) is 4.72 Å². The maximum Gasteiger partial charge on any atom is 0.265 e. The Morgan fingerprint density at radius 2 is 1.57 bits per heavy atom. The van der Waals surface area contributed by atoms with Crippen molar-refractivity contribution in [3.05, 3.63) is 41.5 Å². The Hall–Kier alpha value is -2.30. The minimum absolute atomic E-state index is 0.00379. The van der Waals surface area contributed by atoms with Gasteiger partial charge in [0.15, 0.2) is 0 Å². The third-order valence-electron chi connectivity index (χ3n) is 4.32. The van der Waals surface area contributed by atoms with Crippen LogP contribution >= 0.6 is 0 Å². The van der Waals surface area contributed by atoms with E-state index in [-0.39, 0.29) is 21.2 Å². The van der Waals surface area contributed by atoms with Crippen LogP contribution in [-0.4, -0.2) is 49.5 Å². The summed E-state index contributed by atoms with van der Waals surface area (Å²) in [6, 6.07) is 7.22. The smallest absolute Gasteiger partial charge is 0.265 e. The first kappa shape index (κ1) is 22.0. The number of methoxy groups -OCH3 is 2. The van der Waals surface area contributed by atoms with Gasteiger partial charge in [-0.3, -0.25) is 4.72 Å². The number of nitrogens with one attached hydrogen (secondary N) is 1. The van der Waals surface area contributed by atoms with E-state index in [0.717, 1.165) is 4.31 Å². The summed E-state index contributed by atoms with van der Waals surface area (Å²) in [7, 11) is -2.19. The van der Waals surface area contributed by atoms with E-state index in [4.69, 9.17) is 9.47 Å². The molecule has 154 valence electrons. The van der Waals surface area contributed by atoms with E-state index >= 15 is 0 Å². The quantitative estimate of drug-likeness (QED) is 0.726. The van der Waals surface area contributed by atoms with Crippen LogP contribution in [0.1, 0.15) is 11.1 Å². The van der Waals surface area contributed by atoms with E-state index in [1.807, 2.05) is 0 Å². The van der Waals surface area contributed by atoms with Crippen LogP contribution in [0.15, 0.2) is 40.1 Å². The van der Waals surface area contributed by atoms with E-state index in [1.54, 1.807) is 19.9 Å². The Balaban J connectivity index is 2.61. The molecular weight excluding hydrogens is 404 g/mol. The van der Waals surface area contributed by atoms with Crippen LogP contribution in [0.5, 0.6) is 11.5 Å². The van der Waals surface area contributed by atoms with Gasteiger partial charge in [-0.1, -0.05) is 0 Å². The molecule has 8 nitrogen and oxygen atoms in total. The summed E-state index contributed by atoms with van der Waals surface area (Å²) >= 11 is 0. The van der Waals surface area contributed by atoms with Crippen molar-refractivity contribution < 1.29 is 26.3 Å². The first-order chi connectivity index (χ1) is 12.9. The van der Waals surface area contributed by atoms with Gasteiger partial charge < -0.3 is 9.47 Å². The van der Waals surface area contributed by atoms with Gasteiger partial charge in [-0.2, -0.15) is 0 Å². The molecule has 0 saturated carbocycles. The molecule has 1 N–H and O–H groups in total. The van der Waals surface area contributed by atoms with Gasteiger partial charge >= 0.3 is 0 Å². The predicted molar refractivity (Wildman–Crippen MR) is 107 cm³/mol. The van der Waals surface area contributed by atoms with E-state index in [0.29, 0.717) is 16.9 Å². The molecule has 0 bridgehead atoms. The van der Waals surface area contributed by atoms with Crippen LogP contribution in [0.3, 0.4) is 0 Å². The van der Waals surface area contributed by atoms with Crippen molar-refractivity contribution in [3.8, 4) is 11.5 Å². The van der Waals surface area contributed by atoms with E-state index in [1.165, 1.54) is 52.6 Å². The van der Waals surface area contributed by atoms with Crippen molar-refractivity contribution in [2.45, 2.75) is 23.6 Å². The normalized spacial score (nSPS) is 12.1. The van der Waals surface area contributed by atoms with Gasteiger partial charge in [-0.25, -0.2) is 21.1 Å². The molecule has 0 aliphatic carbocycles. The molecule has 0 atom stereocenters. The summed E-state index contributed by atoms with van der Waals surface area (Å²) in [5.74, 6) is 0.484. The SMILES string of the molecule is COc1ccc(OC)c(S(=O)(=O)Nc2cc(S(=O)(=O)N(C)C)cc(C)c2C)c1. The van der Waals surface area contributed by atoms with Gasteiger partial charge in [0.05, 0.1) is 24.8 Å². The lowest BCUT2D eigenvalue weighted by molar-refractivity contribution is 0.392. The third kappa shape index (κ3) is 4.23. The molecule has 0 aliphatic rings. The topological polar surface area (TPSA) is 102 Å². The molecule has 28 heavy (non-hydrogen) atoms. The Morgan fingerprint density at radius 1 is 0.929 bits per heavy atom. The molecule has 10 heteroatoms. The number of hydrogen-bond acceptors (Lipinski definition) is 6. The highest BCUT2D eigenvalue weighted by molar-refractivity contribution is 7.92. The third-order valence-corrected chi connectivity index (χ3v) is 7.50. The fraction of sp³-hybridized carbons (Fsp3) is 0.333. The molecule has 2 aromatic carbocycles. The highest BCUT2D eigenvalue weighted by Gasteiger charge is 2.24. The summed E-state index contributed by atoms with van der Waals surface area (Å²) in [6.07, 6.45) is 0. The first-order valence-corrected chi connectivity index (χ1v) is 11.1. The molecule has 0 aliphatic heterocycles. The number of anilines is 1. The maximum absolute atomic E-state index is 13.0. The second-order valence-electron chi connectivity index (χ2n) is 6.32. The van der Waals surface area contributed by atoms with Gasteiger partial charge in [0.2, 0.25) is 10.0 Å². The average Bonchev–Trinajstić information content (AvgIpc) is 2.64. The van der Waals surface area contributed by atoms with Crippen LogP contribution in [0.2, 0.25) is 0 Å². The molecule has 0 spiro atoms. The molecular formula is C18H24N2O6S2. The van der Waals surface area contributed by atoms with Crippen molar-refractivity contribution in [1.82, 2.24) is 4.31 Å². The zero-order chi connectivity index (χ0) is 21.3. The molecule has 0 amide bonds. The van der Waals surface area contributed by atoms with Crippen LogP contribution in [0, 0.1) is 13.8 Å². The Morgan fingerprint density at radius 3 is 2.11 bits per heavy atom. The molecule has 0 unspecified atom stereocenters.